The number of hydrogen-bond donors (Lipinski definition) is 2. The standard InChI is InChI=1S/C12H15NO4/c1-12(2,11(15)16)9-6-4-8(5-7-9)10(14)13-17-3/h4-7H,1-3H3,(H,13,14)(H,15,16). The lowest BCUT2D eigenvalue weighted by atomic mass is 9.84. The van der Waals surface area contributed by atoms with Crippen molar-refractivity contribution in [2.75, 3.05) is 7.11 Å². The molecule has 0 fully saturated rings. The maximum atomic E-state index is 11.4. The number of hydroxylamine groups is 1. The molecule has 2 N–H and O–H groups in total. The molecule has 0 aliphatic carbocycles. The molecule has 0 radical (unpaired) electrons. The Bertz CT molecular complexity index is 423. The first-order valence-corrected chi connectivity index (χ1v) is 5.07. The van der Waals surface area contributed by atoms with Crippen LogP contribution >= 0.6 is 0 Å². The SMILES string of the molecule is CONC(=O)c1ccc(C(C)(C)C(=O)O)cc1. The van der Waals surface area contributed by atoms with Gasteiger partial charge in [0, 0.05) is 5.56 Å². The fourth-order valence-electron chi connectivity index (χ4n) is 1.31. The number of hydrogen-bond acceptors (Lipinski definition) is 3. The van der Waals surface area contributed by atoms with Crippen molar-refractivity contribution in [2.24, 2.45) is 0 Å². The van der Waals surface area contributed by atoms with Gasteiger partial charge in [0.2, 0.25) is 0 Å². The van der Waals surface area contributed by atoms with Crippen LogP contribution in [0.5, 0.6) is 0 Å². The first kappa shape index (κ1) is 13.2. The fraction of sp³-hybridized carbons (Fsp3) is 0.333. The van der Waals surface area contributed by atoms with Crippen LogP contribution < -0.4 is 5.48 Å². The highest BCUT2D eigenvalue weighted by atomic mass is 16.6. The van der Waals surface area contributed by atoms with Crippen molar-refractivity contribution in [2.45, 2.75) is 19.3 Å². The molecule has 0 heterocycles. The maximum Gasteiger partial charge on any atom is 0.313 e. The second-order valence-corrected chi connectivity index (χ2v) is 4.14. The summed E-state index contributed by atoms with van der Waals surface area (Å²) in [5.74, 6) is -1.28. The quantitative estimate of drug-likeness (QED) is 0.775. The summed E-state index contributed by atoms with van der Waals surface area (Å²) < 4.78 is 0. The number of rotatable bonds is 4. The van der Waals surface area contributed by atoms with Crippen molar-refractivity contribution < 1.29 is 19.5 Å². The van der Waals surface area contributed by atoms with E-state index in [1.54, 1.807) is 38.1 Å². The van der Waals surface area contributed by atoms with Crippen molar-refractivity contribution in [3.8, 4) is 0 Å². The Hall–Kier alpha value is -1.88. The lowest BCUT2D eigenvalue weighted by molar-refractivity contribution is -0.142. The first-order valence-electron chi connectivity index (χ1n) is 5.07. The van der Waals surface area contributed by atoms with Gasteiger partial charge in [-0.1, -0.05) is 12.1 Å². The summed E-state index contributed by atoms with van der Waals surface area (Å²) in [6.07, 6.45) is 0. The van der Waals surface area contributed by atoms with Crippen molar-refractivity contribution >= 4 is 11.9 Å². The number of nitrogens with one attached hydrogen (secondary N) is 1. The molecule has 0 aliphatic rings. The highest BCUT2D eigenvalue weighted by Gasteiger charge is 2.29. The Kier molecular flexibility index (Phi) is 3.85. The predicted octanol–water partition coefficient (Wildman–Crippen LogP) is 1.34. The van der Waals surface area contributed by atoms with E-state index in [4.69, 9.17) is 5.11 Å². The lowest BCUT2D eigenvalue weighted by Gasteiger charge is -2.19. The molecule has 0 saturated carbocycles. The zero-order chi connectivity index (χ0) is 13.1. The lowest BCUT2D eigenvalue weighted by Crippen LogP contribution is -2.28. The topological polar surface area (TPSA) is 75.6 Å². The first-order chi connectivity index (χ1) is 7.89. The summed E-state index contributed by atoms with van der Waals surface area (Å²) in [4.78, 5) is 26.9. The Morgan fingerprint density at radius 2 is 1.76 bits per heavy atom. The average molecular weight is 237 g/mol. The summed E-state index contributed by atoms with van der Waals surface area (Å²) in [5, 5.41) is 9.06. The number of aliphatic carboxylic acids is 1. The molecular weight excluding hydrogens is 222 g/mol. The molecule has 0 atom stereocenters. The van der Waals surface area contributed by atoms with Crippen LogP contribution in [-0.4, -0.2) is 24.1 Å². The molecule has 5 heteroatoms. The van der Waals surface area contributed by atoms with Crippen molar-refractivity contribution in [1.82, 2.24) is 5.48 Å². The molecule has 0 aliphatic heterocycles. The van der Waals surface area contributed by atoms with E-state index in [-0.39, 0.29) is 5.91 Å². The van der Waals surface area contributed by atoms with Gasteiger partial charge < -0.3 is 5.11 Å². The van der Waals surface area contributed by atoms with Gasteiger partial charge in [-0.15, -0.1) is 0 Å². The van der Waals surface area contributed by atoms with Crippen LogP contribution in [0.3, 0.4) is 0 Å². The fourth-order valence-corrected chi connectivity index (χ4v) is 1.31. The van der Waals surface area contributed by atoms with Gasteiger partial charge in [-0.3, -0.25) is 14.4 Å². The molecule has 1 aromatic carbocycles. The number of carboxylic acids is 1. The smallest absolute Gasteiger partial charge is 0.313 e. The minimum absolute atomic E-state index is 0.368. The van der Waals surface area contributed by atoms with E-state index in [2.05, 4.69) is 10.3 Å². The van der Waals surface area contributed by atoms with Crippen LogP contribution in [0.15, 0.2) is 24.3 Å². The number of benzene rings is 1. The molecule has 0 spiro atoms. The average Bonchev–Trinajstić information content (AvgIpc) is 2.29. The van der Waals surface area contributed by atoms with Gasteiger partial charge in [-0.25, -0.2) is 5.48 Å². The Labute approximate surface area is 99.4 Å². The predicted molar refractivity (Wildman–Crippen MR) is 61.6 cm³/mol. The van der Waals surface area contributed by atoms with E-state index in [0.717, 1.165) is 0 Å². The van der Waals surface area contributed by atoms with E-state index in [1.165, 1.54) is 7.11 Å². The normalized spacial score (nSPS) is 11.0. The van der Waals surface area contributed by atoms with Crippen molar-refractivity contribution in [3.05, 3.63) is 35.4 Å². The summed E-state index contributed by atoms with van der Waals surface area (Å²) in [7, 11) is 1.35. The summed E-state index contributed by atoms with van der Waals surface area (Å²) >= 11 is 0. The number of carboxylic acid groups (broad SMARTS) is 1. The zero-order valence-corrected chi connectivity index (χ0v) is 9.98. The van der Waals surface area contributed by atoms with Gasteiger partial charge >= 0.3 is 5.97 Å². The minimum Gasteiger partial charge on any atom is -0.481 e. The number of carbonyl (C=O) groups is 2. The van der Waals surface area contributed by atoms with E-state index in [0.29, 0.717) is 11.1 Å². The van der Waals surface area contributed by atoms with Crippen molar-refractivity contribution in [3.63, 3.8) is 0 Å². The largest absolute Gasteiger partial charge is 0.481 e. The van der Waals surface area contributed by atoms with Crippen LogP contribution in [-0.2, 0) is 15.0 Å². The third kappa shape index (κ3) is 2.82. The number of amides is 1. The van der Waals surface area contributed by atoms with E-state index in [1.807, 2.05) is 0 Å². The van der Waals surface area contributed by atoms with Gasteiger partial charge in [0.1, 0.15) is 0 Å². The Morgan fingerprint density at radius 1 is 1.24 bits per heavy atom. The van der Waals surface area contributed by atoms with E-state index in [9.17, 15) is 9.59 Å². The molecule has 0 bridgehead atoms. The van der Waals surface area contributed by atoms with Gasteiger partial charge in [0.25, 0.3) is 5.91 Å². The second-order valence-electron chi connectivity index (χ2n) is 4.14. The van der Waals surface area contributed by atoms with Crippen LogP contribution in [0.4, 0.5) is 0 Å². The zero-order valence-electron chi connectivity index (χ0n) is 9.98. The van der Waals surface area contributed by atoms with Crippen LogP contribution in [0.1, 0.15) is 29.8 Å². The highest BCUT2D eigenvalue weighted by Crippen LogP contribution is 2.23. The Balaban J connectivity index is 2.96. The van der Waals surface area contributed by atoms with Gasteiger partial charge in [-0.05, 0) is 31.5 Å². The second kappa shape index (κ2) is 4.97. The third-order valence-corrected chi connectivity index (χ3v) is 2.60. The molecule has 92 valence electrons. The van der Waals surface area contributed by atoms with Gasteiger partial charge in [0.15, 0.2) is 0 Å². The molecule has 1 amide bonds. The van der Waals surface area contributed by atoms with Crippen LogP contribution in [0.2, 0.25) is 0 Å². The minimum atomic E-state index is -0.976. The highest BCUT2D eigenvalue weighted by molar-refractivity contribution is 5.93. The molecule has 1 rings (SSSR count). The summed E-state index contributed by atoms with van der Waals surface area (Å²) in [6, 6.07) is 6.38. The molecule has 17 heavy (non-hydrogen) atoms. The van der Waals surface area contributed by atoms with Crippen LogP contribution in [0, 0.1) is 0 Å². The molecular formula is C12H15NO4. The third-order valence-electron chi connectivity index (χ3n) is 2.60. The summed E-state index contributed by atoms with van der Waals surface area (Å²) in [5.41, 5.74) is 2.26. The van der Waals surface area contributed by atoms with Gasteiger partial charge in [-0.2, -0.15) is 0 Å². The molecule has 5 nitrogen and oxygen atoms in total. The van der Waals surface area contributed by atoms with Gasteiger partial charge in [0.05, 0.1) is 12.5 Å². The molecule has 0 aromatic heterocycles. The van der Waals surface area contributed by atoms with E-state index < -0.39 is 11.4 Å². The van der Waals surface area contributed by atoms with Crippen LogP contribution in [0.25, 0.3) is 0 Å². The monoisotopic (exact) mass is 237 g/mol. The molecule has 0 saturated heterocycles. The Morgan fingerprint density at radius 3 is 2.18 bits per heavy atom. The molecule has 1 aromatic rings. The van der Waals surface area contributed by atoms with Crippen molar-refractivity contribution in [1.29, 1.82) is 0 Å². The summed E-state index contributed by atoms with van der Waals surface area (Å²) in [6.45, 7) is 3.22. The number of carbonyl (C=O) groups excluding carboxylic acids is 1. The molecule has 0 unspecified atom stereocenters. The maximum absolute atomic E-state index is 11.4. The van der Waals surface area contributed by atoms with E-state index >= 15 is 0 Å².